The van der Waals surface area contributed by atoms with Gasteiger partial charge in [-0.2, -0.15) is 0 Å². The zero-order valence-corrected chi connectivity index (χ0v) is 11.6. The van der Waals surface area contributed by atoms with Crippen LogP contribution in [0.3, 0.4) is 0 Å². The molecule has 3 nitrogen and oxygen atoms in total. The molecule has 1 fully saturated rings. The zero-order chi connectivity index (χ0) is 13.7. The molecule has 1 aliphatic rings. The number of phenolic OH excluding ortho intramolecular Hbond substituents is 1. The number of aliphatic carboxylic acids is 1. The van der Waals surface area contributed by atoms with Gasteiger partial charge in [-0.1, -0.05) is 18.0 Å². The number of hydrogen-bond donors (Lipinski definition) is 2. The number of carbonyl (C=O) groups is 1. The summed E-state index contributed by atoms with van der Waals surface area (Å²) in [6, 6.07) is 0. The molecule has 0 saturated heterocycles. The van der Waals surface area contributed by atoms with E-state index in [0.717, 1.165) is 17.5 Å². The molecular formula is C14H17ClO3. The molecule has 1 aromatic rings. The number of phenols is 1. The molecule has 98 valence electrons. The lowest BCUT2D eigenvalue weighted by Gasteiger charge is -2.40. The fourth-order valence-electron chi connectivity index (χ4n) is 2.92. The Morgan fingerprint density at radius 2 is 1.72 bits per heavy atom. The Hall–Kier alpha value is -1.22. The van der Waals surface area contributed by atoms with Gasteiger partial charge in [0.2, 0.25) is 0 Å². The van der Waals surface area contributed by atoms with Gasteiger partial charge >= 0.3 is 5.97 Å². The summed E-state index contributed by atoms with van der Waals surface area (Å²) in [6.45, 7) is 5.41. The summed E-state index contributed by atoms with van der Waals surface area (Å²) >= 11 is 6.11. The summed E-state index contributed by atoms with van der Waals surface area (Å²) in [7, 11) is 0. The second-order valence-electron chi connectivity index (χ2n) is 5.15. The highest BCUT2D eigenvalue weighted by molar-refractivity contribution is 6.33. The Kier molecular flexibility index (Phi) is 3.06. The molecule has 0 spiro atoms. The van der Waals surface area contributed by atoms with E-state index < -0.39 is 11.4 Å². The first-order chi connectivity index (χ1) is 8.33. The summed E-state index contributed by atoms with van der Waals surface area (Å²) in [5, 5.41) is 19.7. The van der Waals surface area contributed by atoms with E-state index in [1.165, 1.54) is 0 Å². The van der Waals surface area contributed by atoms with Crippen LogP contribution in [0.1, 0.15) is 41.5 Å². The van der Waals surface area contributed by atoms with Crippen LogP contribution in [0.4, 0.5) is 0 Å². The number of hydrogen-bond acceptors (Lipinski definition) is 2. The Balaban J connectivity index is 2.76. The van der Waals surface area contributed by atoms with Gasteiger partial charge in [-0.25, -0.2) is 0 Å². The van der Waals surface area contributed by atoms with Crippen LogP contribution in [-0.2, 0) is 10.2 Å². The highest BCUT2D eigenvalue weighted by atomic mass is 35.5. The van der Waals surface area contributed by atoms with E-state index in [4.69, 9.17) is 11.6 Å². The molecule has 0 bridgehead atoms. The molecule has 0 unspecified atom stereocenters. The second-order valence-corrected chi connectivity index (χ2v) is 5.53. The molecule has 0 heterocycles. The smallest absolute Gasteiger partial charge is 0.314 e. The van der Waals surface area contributed by atoms with Crippen LogP contribution in [-0.4, -0.2) is 16.2 Å². The maximum Gasteiger partial charge on any atom is 0.314 e. The SMILES string of the molecule is Cc1c(C)c(C2(C(=O)O)CCC2)c(C)c(Cl)c1O. The lowest BCUT2D eigenvalue weighted by Crippen LogP contribution is -2.43. The summed E-state index contributed by atoms with van der Waals surface area (Å²) in [5.41, 5.74) is 2.20. The minimum Gasteiger partial charge on any atom is -0.506 e. The first-order valence-corrected chi connectivity index (χ1v) is 6.43. The monoisotopic (exact) mass is 268 g/mol. The van der Waals surface area contributed by atoms with Crippen LogP contribution < -0.4 is 0 Å². The topological polar surface area (TPSA) is 57.5 Å². The van der Waals surface area contributed by atoms with Crippen molar-refractivity contribution in [3.8, 4) is 5.75 Å². The number of aromatic hydroxyl groups is 1. The predicted molar refractivity (Wildman–Crippen MR) is 70.5 cm³/mol. The number of carboxylic acid groups (broad SMARTS) is 1. The Bertz CT molecular complexity index is 501. The van der Waals surface area contributed by atoms with Crippen molar-refractivity contribution in [3.63, 3.8) is 0 Å². The van der Waals surface area contributed by atoms with Crippen molar-refractivity contribution < 1.29 is 15.0 Å². The van der Waals surface area contributed by atoms with Crippen molar-refractivity contribution in [2.75, 3.05) is 0 Å². The number of halogens is 1. The minimum atomic E-state index is -0.809. The Morgan fingerprint density at radius 1 is 1.17 bits per heavy atom. The lowest BCUT2D eigenvalue weighted by molar-refractivity contribution is -0.147. The highest BCUT2D eigenvalue weighted by Gasteiger charge is 2.48. The largest absolute Gasteiger partial charge is 0.506 e. The molecule has 2 N–H and O–H groups in total. The number of benzene rings is 1. The fraction of sp³-hybridized carbons (Fsp3) is 0.500. The average molecular weight is 269 g/mol. The quantitative estimate of drug-likeness (QED) is 0.863. The van der Waals surface area contributed by atoms with E-state index in [1.807, 2.05) is 6.92 Å². The summed E-state index contributed by atoms with van der Waals surface area (Å²) in [6.07, 6.45) is 2.21. The van der Waals surface area contributed by atoms with Crippen LogP contribution in [0.25, 0.3) is 0 Å². The van der Waals surface area contributed by atoms with E-state index in [2.05, 4.69) is 0 Å². The molecule has 18 heavy (non-hydrogen) atoms. The third kappa shape index (κ3) is 1.53. The maximum absolute atomic E-state index is 11.6. The van der Waals surface area contributed by atoms with Gasteiger partial charge in [-0.05, 0) is 55.9 Å². The van der Waals surface area contributed by atoms with Crippen molar-refractivity contribution in [1.29, 1.82) is 0 Å². The van der Waals surface area contributed by atoms with Gasteiger partial charge in [0.25, 0.3) is 0 Å². The van der Waals surface area contributed by atoms with Gasteiger partial charge in [0.15, 0.2) is 0 Å². The van der Waals surface area contributed by atoms with Crippen LogP contribution in [0, 0.1) is 20.8 Å². The molecule has 0 amide bonds. The zero-order valence-electron chi connectivity index (χ0n) is 10.8. The standard InChI is InChI=1S/C14H17ClO3/c1-7-8(2)12(16)11(15)9(3)10(7)14(13(17)18)5-4-6-14/h16H,4-6H2,1-3H3,(H,17,18). The van der Waals surface area contributed by atoms with Gasteiger partial charge in [0.1, 0.15) is 5.75 Å². The summed E-state index contributed by atoms with van der Waals surface area (Å²) in [4.78, 5) is 11.6. The third-order valence-electron chi connectivity index (χ3n) is 4.30. The molecule has 4 heteroatoms. The molecule has 1 aromatic carbocycles. The molecule has 0 radical (unpaired) electrons. The van der Waals surface area contributed by atoms with Crippen molar-refractivity contribution in [1.82, 2.24) is 0 Å². The molecule has 2 rings (SSSR count). The third-order valence-corrected chi connectivity index (χ3v) is 4.76. The first-order valence-electron chi connectivity index (χ1n) is 6.05. The summed E-state index contributed by atoms with van der Waals surface area (Å²) < 4.78 is 0. The van der Waals surface area contributed by atoms with Crippen LogP contribution in [0.2, 0.25) is 5.02 Å². The molecule has 1 aliphatic carbocycles. The van der Waals surface area contributed by atoms with E-state index in [9.17, 15) is 15.0 Å². The molecule has 1 saturated carbocycles. The van der Waals surface area contributed by atoms with Crippen molar-refractivity contribution in [2.45, 2.75) is 45.4 Å². The molecular weight excluding hydrogens is 252 g/mol. The van der Waals surface area contributed by atoms with Crippen molar-refractivity contribution in [3.05, 3.63) is 27.3 Å². The van der Waals surface area contributed by atoms with E-state index in [-0.39, 0.29) is 10.8 Å². The number of rotatable bonds is 2. The van der Waals surface area contributed by atoms with Crippen LogP contribution in [0.15, 0.2) is 0 Å². The summed E-state index contributed by atoms with van der Waals surface area (Å²) in [5.74, 6) is -0.726. The van der Waals surface area contributed by atoms with Crippen molar-refractivity contribution in [2.24, 2.45) is 0 Å². The fourth-order valence-corrected chi connectivity index (χ4v) is 3.15. The van der Waals surface area contributed by atoms with Gasteiger partial charge in [0, 0.05) is 0 Å². The van der Waals surface area contributed by atoms with Gasteiger partial charge in [0.05, 0.1) is 10.4 Å². The Morgan fingerprint density at radius 3 is 2.11 bits per heavy atom. The maximum atomic E-state index is 11.6. The predicted octanol–water partition coefficient (Wildman–Crippen LogP) is 3.48. The average Bonchev–Trinajstić information content (AvgIpc) is 2.26. The normalized spacial score (nSPS) is 17.3. The molecule has 0 aromatic heterocycles. The van der Waals surface area contributed by atoms with Gasteiger partial charge in [-0.15, -0.1) is 0 Å². The highest BCUT2D eigenvalue weighted by Crippen LogP contribution is 2.50. The van der Waals surface area contributed by atoms with Gasteiger partial charge < -0.3 is 10.2 Å². The lowest BCUT2D eigenvalue weighted by atomic mass is 9.62. The minimum absolute atomic E-state index is 0.0651. The Labute approximate surface area is 111 Å². The number of carboxylic acids is 1. The van der Waals surface area contributed by atoms with E-state index >= 15 is 0 Å². The van der Waals surface area contributed by atoms with Crippen LogP contribution >= 0.6 is 11.6 Å². The van der Waals surface area contributed by atoms with Crippen molar-refractivity contribution >= 4 is 17.6 Å². The van der Waals surface area contributed by atoms with E-state index in [1.54, 1.807) is 13.8 Å². The van der Waals surface area contributed by atoms with E-state index in [0.29, 0.717) is 24.0 Å². The second kappa shape index (κ2) is 4.16. The van der Waals surface area contributed by atoms with Gasteiger partial charge in [-0.3, -0.25) is 4.79 Å². The molecule has 0 atom stereocenters. The van der Waals surface area contributed by atoms with Crippen LogP contribution in [0.5, 0.6) is 5.75 Å². The first kappa shape index (κ1) is 13.2. The molecule has 0 aliphatic heterocycles.